The van der Waals surface area contributed by atoms with E-state index >= 15 is 0 Å². The van der Waals surface area contributed by atoms with Crippen LogP contribution in [-0.2, 0) is 12.6 Å². The molecule has 4 heteroatoms. The van der Waals surface area contributed by atoms with Gasteiger partial charge in [-0.15, -0.1) is 0 Å². The molecule has 0 heterocycles. The monoisotopic (exact) mass is 317 g/mol. The third kappa shape index (κ3) is 5.28. The van der Waals surface area contributed by atoms with Crippen LogP contribution in [0.15, 0.2) is 9.81 Å². The molecule has 2 rings (SSSR count). The summed E-state index contributed by atoms with van der Waals surface area (Å²) >= 11 is 7.90. The van der Waals surface area contributed by atoms with Gasteiger partial charge in [0.05, 0.1) is 0 Å². The lowest BCUT2D eigenvalue weighted by Crippen LogP contribution is -2.33. The molecule has 0 amide bonds. The third-order valence-corrected chi connectivity index (χ3v) is 5.84. The van der Waals surface area contributed by atoms with Gasteiger partial charge in [0.15, 0.2) is 10.0 Å². The summed E-state index contributed by atoms with van der Waals surface area (Å²) in [6.45, 7) is 0. The zero-order valence-corrected chi connectivity index (χ0v) is 14.2. The van der Waals surface area contributed by atoms with E-state index in [4.69, 9.17) is 0 Å². The van der Waals surface area contributed by atoms with Crippen LogP contribution in [0.2, 0.25) is 0 Å². The Morgan fingerprint density at radius 1 is 1.05 bits per heavy atom. The van der Waals surface area contributed by atoms with Gasteiger partial charge >= 0.3 is 0 Å². The van der Waals surface area contributed by atoms with Crippen molar-refractivity contribution in [3.05, 3.63) is 9.81 Å². The van der Waals surface area contributed by atoms with Crippen molar-refractivity contribution < 1.29 is 10.2 Å². The number of thiol groups is 1. The van der Waals surface area contributed by atoms with E-state index in [1.54, 1.807) is 0 Å². The molecule has 20 heavy (non-hydrogen) atoms. The van der Waals surface area contributed by atoms with Crippen molar-refractivity contribution in [2.75, 3.05) is 0 Å². The molecule has 116 valence electrons. The quantitative estimate of drug-likeness (QED) is 0.423. The number of rotatable bonds is 4. The van der Waals surface area contributed by atoms with E-state index < -0.39 is 5.79 Å². The van der Waals surface area contributed by atoms with Crippen molar-refractivity contribution in [1.82, 2.24) is 0 Å². The average Bonchev–Trinajstić information content (AvgIpc) is 2.41. The van der Waals surface area contributed by atoms with Crippen LogP contribution < -0.4 is 0 Å². The van der Waals surface area contributed by atoms with Crippen molar-refractivity contribution in [2.45, 2.75) is 76.4 Å². The highest BCUT2D eigenvalue weighted by atomic mass is 32.2. The van der Waals surface area contributed by atoms with Crippen LogP contribution in [-0.4, -0.2) is 16.0 Å². The Balaban J connectivity index is 1.60. The minimum Gasteiger partial charge on any atom is -0.366 e. The second-order valence-corrected chi connectivity index (χ2v) is 8.12. The predicted molar refractivity (Wildman–Crippen MR) is 91.1 cm³/mol. The highest BCUT2D eigenvalue weighted by molar-refractivity contribution is 7.97. The first-order chi connectivity index (χ1) is 9.46. The van der Waals surface area contributed by atoms with Gasteiger partial charge in [-0.1, -0.05) is 31.9 Å². The van der Waals surface area contributed by atoms with Crippen LogP contribution in [0.4, 0.5) is 0 Å². The molecular formula is C16H29O2S2+. The number of aliphatic hydroxyl groups is 2. The van der Waals surface area contributed by atoms with Crippen LogP contribution in [0, 0.1) is 11.8 Å². The fourth-order valence-electron chi connectivity index (χ4n) is 3.68. The zero-order valence-electron chi connectivity index (χ0n) is 12.3. The summed E-state index contributed by atoms with van der Waals surface area (Å²) in [5.74, 6) is 0.229. The number of hydrogen-bond donors (Lipinski definition) is 3. The van der Waals surface area contributed by atoms with E-state index in [0.29, 0.717) is 18.8 Å². The Morgan fingerprint density at radius 2 is 1.55 bits per heavy atom. The summed E-state index contributed by atoms with van der Waals surface area (Å²) < 4.78 is 1.04. The maximum atomic E-state index is 9.53. The van der Waals surface area contributed by atoms with Gasteiger partial charge < -0.3 is 10.2 Å². The molecule has 0 spiro atoms. The Hall–Kier alpha value is 0.360. The lowest BCUT2D eigenvalue weighted by molar-refractivity contribution is -0.186. The lowest BCUT2D eigenvalue weighted by Gasteiger charge is -2.32. The van der Waals surface area contributed by atoms with Crippen LogP contribution in [0.1, 0.15) is 70.6 Å². The Morgan fingerprint density at radius 3 is 2.05 bits per heavy atom. The van der Waals surface area contributed by atoms with Crippen molar-refractivity contribution in [2.24, 2.45) is 11.8 Å². The first kappa shape index (κ1) is 16.7. The molecule has 0 aromatic rings. The molecule has 0 atom stereocenters. The summed E-state index contributed by atoms with van der Waals surface area (Å²) in [5, 5.41) is 19.1. The summed E-state index contributed by atoms with van der Waals surface area (Å²) in [6.07, 6.45) is 12.0. The molecule has 0 aromatic carbocycles. The molecule has 0 saturated heterocycles. The van der Waals surface area contributed by atoms with E-state index in [-0.39, 0.29) is 0 Å². The topological polar surface area (TPSA) is 40.5 Å². The van der Waals surface area contributed by atoms with Crippen LogP contribution in [0.5, 0.6) is 0 Å². The van der Waals surface area contributed by atoms with E-state index in [2.05, 4.69) is 25.3 Å². The molecule has 2 N–H and O–H groups in total. The predicted octanol–water partition coefficient (Wildman–Crippen LogP) is 3.37. The second-order valence-electron chi connectivity index (χ2n) is 6.75. The van der Waals surface area contributed by atoms with Gasteiger partial charge in [-0.3, -0.25) is 0 Å². The SMILES string of the molecule is OC1(O)CCC(CCCC2CCC(=C(S)[SH2+])CC2)CC1. The standard InChI is InChI=1S/C16H28O2S2/c17-16(18)10-8-13(9-11-16)3-1-2-12-4-6-14(7-5-12)15(19)20/h12-13,17-20H,1-11H2/p+1. The normalized spacial score (nSPS) is 27.6. The maximum absolute atomic E-state index is 9.53. The molecule has 0 unspecified atom stereocenters. The molecular weight excluding hydrogens is 288 g/mol. The van der Waals surface area contributed by atoms with Gasteiger partial charge in [-0.25, -0.2) is 0 Å². The molecule has 0 radical (unpaired) electrons. The van der Waals surface area contributed by atoms with Crippen LogP contribution >= 0.6 is 12.6 Å². The van der Waals surface area contributed by atoms with Gasteiger partial charge in [-0.2, -0.15) is 0 Å². The minimum atomic E-state index is -1.37. The molecule has 0 bridgehead atoms. The molecule has 2 aliphatic carbocycles. The van der Waals surface area contributed by atoms with Crippen molar-refractivity contribution in [3.63, 3.8) is 0 Å². The molecule has 0 aliphatic heterocycles. The zero-order chi connectivity index (χ0) is 14.6. The summed E-state index contributed by atoms with van der Waals surface area (Å²) in [6, 6.07) is 0. The summed E-state index contributed by atoms with van der Waals surface area (Å²) in [5.41, 5.74) is 1.48. The fraction of sp³-hybridized carbons (Fsp3) is 0.875. The third-order valence-electron chi connectivity index (χ3n) is 5.17. The molecule has 2 nitrogen and oxygen atoms in total. The van der Waals surface area contributed by atoms with Crippen LogP contribution in [0.25, 0.3) is 0 Å². The van der Waals surface area contributed by atoms with E-state index in [1.807, 2.05) is 0 Å². The first-order valence-electron chi connectivity index (χ1n) is 8.03. The smallest absolute Gasteiger partial charge is 0.180 e. The molecule has 2 aliphatic rings. The van der Waals surface area contributed by atoms with Gasteiger partial charge in [0.2, 0.25) is 0 Å². The highest BCUT2D eigenvalue weighted by Gasteiger charge is 2.30. The molecule has 2 fully saturated rings. The second kappa shape index (κ2) is 7.57. The van der Waals surface area contributed by atoms with E-state index in [9.17, 15) is 10.2 Å². The van der Waals surface area contributed by atoms with E-state index in [1.165, 1.54) is 50.5 Å². The summed E-state index contributed by atoms with van der Waals surface area (Å²) in [4.78, 5) is 0. The molecule has 2 saturated carbocycles. The van der Waals surface area contributed by atoms with E-state index in [0.717, 1.165) is 23.0 Å². The summed E-state index contributed by atoms with van der Waals surface area (Å²) in [7, 11) is 0. The first-order valence-corrected chi connectivity index (χ1v) is 8.98. The lowest BCUT2D eigenvalue weighted by atomic mass is 9.79. The Bertz CT molecular complexity index is 328. The number of hydrogen-bond acceptors (Lipinski definition) is 3. The van der Waals surface area contributed by atoms with Crippen LogP contribution in [0.3, 0.4) is 0 Å². The Labute approximate surface area is 133 Å². The van der Waals surface area contributed by atoms with Crippen molar-refractivity contribution in [1.29, 1.82) is 0 Å². The highest BCUT2D eigenvalue weighted by Crippen LogP contribution is 2.36. The van der Waals surface area contributed by atoms with Crippen molar-refractivity contribution >= 4 is 25.3 Å². The number of allylic oxidation sites excluding steroid dienone is 1. The Kier molecular flexibility index (Phi) is 6.33. The van der Waals surface area contributed by atoms with Gasteiger partial charge in [0, 0.05) is 25.5 Å². The molecule has 0 aromatic heterocycles. The van der Waals surface area contributed by atoms with Gasteiger partial charge in [-0.05, 0) is 55.9 Å². The average molecular weight is 318 g/mol. The van der Waals surface area contributed by atoms with Crippen molar-refractivity contribution in [3.8, 4) is 0 Å². The van der Waals surface area contributed by atoms with Gasteiger partial charge in [0.25, 0.3) is 0 Å². The van der Waals surface area contributed by atoms with Gasteiger partial charge in [0.1, 0.15) is 0 Å². The fourth-order valence-corrected chi connectivity index (χ4v) is 4.15. The minimum absolute atomic E-state index is 0.561. The maximum Gasteiger partial charge on any atom is 0.180 e. The largest absolute Gasteiger partial charge is 0.366 e.